The molecule has 2 aliphatic heterocycles. The van der Waals surface area contributed by atoms with Crippen LogP contribution >= 0.6 is 0 Å². The van der Waals surface area contributed by atoms with E-state index in [9.17, 15) is 0 Å². The van der Waals surface area contributed by atoms with Crippen molar-refractivity contribution >= 4 is 50.2 Å². The number of anilines is 2. The van der Waals surface area contributed by atoms with E-state index < -0.39 is 0 Å². The van der Waals surface area contributed by atoms with Crippen LogP contribution in [-0.2, 0) is 0 Å². The Kier molecular flexibility index (Phi) is 4.55. The molecule has 4 nitrogen and oxygen atoms in total. The van der Waals surface area contributed by atoms with Gasteiger partial charge < -0.3 is 9.47 Å². The van der Waals surface area contributed by atoms with Crippen molar-refractivity contribution in [2.75, 3.05) is 4.90 Å². The lowest BCUT2D eigenvalue weighted by molar-refractivity contribution is -0.378. The molecule has 0 spiro atoms. The van der Waals surface area contributed by atoms with E-state index in [0.29, 0.717) is 0 Å². The molecule has 2 aromatic heterocycles. The highest BCUT2D eigenvalue weighted by Crippen LogP contribution is 2.55. The molecule has 0 saturated heterocycles. The molecule has 184 valence electrons. The maximum absolute atomic E-state index is 4.48. The minimum absolute atomic E-state index is 0.0408. The van der Waals surface area contributed by atoms with Crippen LogP contribution in [0.5, 0.6) is 0 Å². The highest BCUT2D eigenvalue weighted by molar-refractivity contribution is 6.23. The minimum Gasteiger partial charge on any atom is -0.316 e. The van der Waals surface area contributed by atoms with E-state index in [1.54, 1.807) is 0 Å². The zero-order valence-corrected chi connectivity index (χ0v) is 21.3. The normalized spacial score (nSPS) is 17.2. The largest absolute Gasteiger partial charge is 0.316 e. The van der Waals surface area contributed by atoms with E-state index in [0.717, 1.165) is 17.1 Å². The number of hydrogen-bond donors (Lipinski definition) is 0. The molecule has 0 N–H and O–H groups in total. The maximum Gasteiger partial charge on any atom is 0.235 e. The van der Waals surface area contributed by atoms with E-state index in [-0.39, 0.29) is 6.04 Å². The summed E-state index contributed by atoms with van der Waals surface area (Å²) < 4.78 is 4.71. The Morgan fingerprint density at radius 1 is 0.923 bits per heavy atom. The first-order valence-electron chi connectivity index (χ1n) is 13.2. The molecule has 4 heterocycles. The summed E-state index contributed by atoms with van der Waals surface area (Å²) in [5, 5.41) is 2.47. The van der Waals surface area contributed by atoms with Gasteiger partial charge in [0.15, 0.2) is 0 Å². The predicted molar refractivity (Wildman–Crippen MR) is 161 cm³/mol. The summed E-state index contributed by atoms with van der Waals surface area (Å²) in [4.78, 5) is 7.02. The Hall–Kier alpha value is -5.22. The van der Waals surface area contributed by atoms with Crippen molar-refractivity contribution in [3.05, 3.63) is 146 Å². The van der Waals surface area contributed by atoms with Gasteiger partial charge in [0.25, 0.3) is 0 Å². The van der Waals surface area contributed by atoms with Gasteiger partial charge in [-0.05, 0) is 29.8 Å². The number of fused-ring (bicyclic) bond motifs is 9. The van der Waals surface area contributed by atoms with Gasteiger partial charge in [0.05, 0.1) is 28.6 Å². The Bertz CT molecular complexity index is 2000. The number of hydrogen-bond acceptors (Lipinski definition) is 2. The first kappa shape index (κ1) is 21.8. The first-order valence-corrected chi connectivity index (χ1v) is 13.2. The van der Waals surface area contributed by atoms with Crippen molar-refractivity contribution < 1.29 is 4.58 Å². The molecule has 8 rings (SSSR count). The lowest BCUT2D eigenvalue weighted by Crippen LogP contribution is -2.42. The summed E-state index contributed by atoms with van der Waals surface area (Å²) in [6, 6.07) is 26.1. The molecule has 0 radical (unpaired) electrons. The third kappa shape index (κ3) is 2.83. The molecular formula is C35H25N4+. The number of pyridine rings is 1. The van der Waals surface area contributed by atoms with Crippen LogP contribution < -0.4 is 4.90 Å². The van der Waals surface area contributed by atoms with Crippen LogP contribution in [0.2, 0.25) is 0 Å². The summed E-state index contributed by atoms with van der Waals surface area (Å²) in [5.41, 5.74) is 11.7. The van der Waals surface area contributed by atoms with E-state index in [1.165, 1.54) is 50.0 Å². The number of benzene rings is 3. The van der Waals surface area contributed by atoms with Crippen molar-refractivity contribution in [3.63, 3.8) is 0 Å². The van der Waals surface area contributed by atoms with E-state index >= 15 is 0 Å². The topological polar surface area (TPSA) is 24.1 Å². The zero-order valence-electron chi connectivity index (χ0n) is 21.3. The molecule has 1 unspecified atom stereocenters. The molecule has 0 fully saturated rings. The lowest BCUT2D eigenvalue weighted by atomic mass is 9.92. The first-order chi connectivity index (χ1) is 19.3. The average Bonchev–Trinajstić information content (AvgIpc) is 3.51. The van der Waals surface area contributed by atoms with Gasteiger partial charge in [-0.15, -0.1) is 0 Å². The molecule has 1 atom stereocenters. The standard InChI is InChI=1S/C35H25N4/c1-3-11-23(4-2)37-30-16-7-8-17-31(30)39-33-26(14-9-18-32(33)37)28-20-19-27-25-13-5-6-15-29(25)38(34(27)35(28)39)24-12-10-21-36-22-24/h3-22,33H,1-2H2/q+1. The third-order valence-corrected chi connectivity index (χ3v) is 8.04. The van der Waals surface area contributed by atoms with Gasteiger partial charge >= 0.3 is 0 Å². The van der Waals surface area contributed by atoms with E-state index in [1.807, 2.05) is 36.7 Å². The average molecular weight is 502 g/mol. The van der Waals surface area contributed by atoms with Crippen molar-refractivity contribution in [3.8, 4) is 5.69 Å². The quantitative estimate of drug-likeness (QED) is 0.184. The fraction of sp³-hybridized carbons (Fsp3) is 0.0286. The van der Waals surface area contributed by atoms with Gasteiger partial charge in [0.2, 0.25) is 17.1 Å². The highest BCUT2D eigenvalue weighted by Gasteiger charge is 2.49. The molecule has 5 aromatic rings. The van der Waals surface area contributed by atoms with Crippen LogP contribution in [0.3, 0.4) is 0 Å². The van der Waals surface area contributed by atoms with Crippen molar-refractivity contribution in [1.29, 1.82) is 0 Å². The second-order valence-electron chi connectivity index (χ2n) is 9.96. The Morgan fingerprint density at radius 3 is 2.64 bits per heavy atom. The highest BCUT2D eigenvalue weighted by atomic mass is 15.3. The van der Waals surface area contributed by atoms with Crippen LogP contribution in [0.4, 0.5) is 17.1 Å². The molecule has 3 aliphatic rings. The Labute approximate surface area is 226 Å². The Balaban J connectivity index is 1.54. The maximum atomic E-state index is 4.48. The third-order valence-electron chi connectivity index (χ3n) is 8.04. The molecule has 3 aromatic carbocycles. The lowest BCUT2D eigenvalue weighted by Gasteiger charge is -2.33. The summed E-state index contributed by atoms with van der Waals surface area (Å²) in [6.07, 6.45) is 16.2. The fourth-order valence-corrected chi connectivity index (χ4v) is 6.60. The number of para-hydroxylation sites is 3. The van der Waals surface area contributed by atoms with E-state index in [2.05, 4.69) is 117 Å². The monoisotopic (exact) mass is 501 g/mol. The molecule has 39 heavy (non-hydrogen) atoms. The number of nitrogens with zero attached hydrogens (tertiary/aromatic N) is 4. The van der Waals surface area contributed by atoms with Crippen molar-refractivity contribution in [2.24, 2.45) is 0 Å². The van der Waals surface area contributed by atoms with Gasteiger partial charge in [-0.25, -0.2) is 0 Å². The molecule has 0 amide bonds. The second kappa shape index (κ2) is 8.14. The van der Waals surface area contributed by atoms with Crippen LogP contribution in [0.1, 0.15) is 5.56 Å². The summed E-state index contributed by atoms with van der Waals surface area (Å²) in [6.45, 7) is 8.10. The van der Waals surface area contributed by atoms with Crippen LogP contribution in [-0.4, -0.2) is 25.9 Å². The summed E-state index contributed by atoms with van der Waals surface area (Å²) >= 11 is 0. The zero-order chi connectivity index (χ0) is 26.1. The van der Waals surface area contributed by atoms with Crippen LogP contribution in [0.25, 0.3) is 33.1 Å². The number of allylic oxidation sites excluding steroid dienone is 5. The van der Waals surface area contributed by atoms with Crippen molar-refractivity contribution in [2.45, 2.75) is 6.04 Å². The van der Waals surface area contributed by atoms with Crippen molar-refractivity contribution in [1.82, 2.24) is 9.55 Å². The SMILES string of the molecule is C=CC=C(C=C)[N+]1=C2C=CC=C3c4ccc5c6ccccc6n(-c6cccnc6)c5c4N(c4ccccc41)C32. The second-order valence-corrected chi connectivity index (χ2v) is 9.96. The molecule has 4 heteroatoms. The molecule has 0 bridgehead atoms. The predicted octanol–water partition coefficient (Wildman–Crippen LogP) is 8.01. The van der Waals surface area contributed by atoms with E-state index in [4.69, 9.17) is 0 Å². The molecule has 0 saturated carbocycles. The number of aromatic nitrogens is 2. The van der Waals surface area contributed by atoms with Gasteiger partial charge in [-0.2, -0.15) is 4.58 Å². The van der Waals surface area contributed by atoms with Gasteiger partial charge in [-0.3, -0.25) is 4.98 Å². The van der Waals surface area contributed by atoms with Crippen LogP contribution in [0, 0.1) is 0 Å². The minimum atomic E-state index is 0.0408. The number of rotatable bonds is 4. The van der Waals surface area contributed by atoms with Gasteiger partial charge in [0, 0.05) is 46.8 Å². The van der Waals surface area contributed by atoms with Gasteiger partial charge in [-0.1, -0.05) is 73.9 Å². The summed E-state index contributed by atoms with van der Waals surface area (Å²) in [7, 11) is 0. The Morgan fingerprint density at radius 2 is 1.79 bits per heavy atom. The van der Waals surface area contributed by atoms with Crippen LogP contribution in [0.15, 0.2) is 141 Å². The molecular weight excluding hydrogens is 476 g/mol. The fourth-order valence-electron chi connectivity index (χ4n) is 6.60. The molecule has 1 aliphatic carbocycles. The smallest absolute Gasteiger partial charge is 0.235 e. The van der Waals surface area contributed by atoms with Gasteiger partial charge in [0.1, 0.15) is 11.7 Å². The summed E-state index contributed by atoms with van der Waals surface area (Å²) in [5.74, 6) is 0.